The van der Waals surface area contributed by atoms with Gasteiger partial charge in [-0.2, -0.15) is 5.70 Å². The predicted molar refractivity (Wildman–Crippen MR) is 153 cm³/mol. The van der Waals surface area contributed by atoms with E-state index in [2.05, 4.69) is 67.5 Å². The average molecular weight is 682 g/mol. The summed E-state index contributed by atoms with van der Waals surface area (Å²) in [6.07, 6.45) is 13.7. The number of benzene rings is 2. The SMILES string of the molecule is CC(=O)/C=C(/C)[N-]C1CCCCC1.Cc1cc2c3c(nccc3c1)-c1[c-]cc3ccncc3c1C2(C)C.[Ir]. The van der Waals surface area contributed by atoms with Gasteiger partial charge < -0.3 is 10.3 Å². The molecule has 2 heterocycles. The van der Waals surface area contributed by atoms with E-state index in [1.54, 1.807) is 13.0 Å². The van der Waals surface area contributed by atoms with Gasteiger partial charge in [0.15, 0.2) is 5.78 Å². The Kier molecular flexibility index (Phi) is 8.49. The van der Waals surface area contributed by atoms with Crippen molar-refractivity contribution in [3.05, 3.63) is 88.8 Å². The Morgan fingerprint density at radius 3 is 2.55 bits per heavy atom. The summed E-state index contributed by atoms with van der Waals surface area (Å²) in [5.41, 5.74) is 6.84. The molecule has 4 aromatic rings. The van der Waals surface area contributed by atoms with Gasteiger partial charge in [-0.1, -0.05) is 87.4 Å². The van der Waals surface area contributed by atoms with Gasteiger partial charge in [0.1, 0.15) is 0 Å². The Bertz CT molecular complexity index is 1520. The maximum absolute atomic E-state index is 10.8. The van der Waals surface area contributed by atoms with Crippen LogP contribution in [0.15, 0.2) is 60.7 Å². The smallest absolute Gasteiger partial charge is 0.151 e. The first-order valence-corrected chi connectivity index (χ1v) is 13.3. The van der Waals surface area contributed by atoms with E-state index >= 15 is 0 Å². The molecule has 2 aromatic heterocycles. The van der Waals surface area contributed by atoms with Gasteiger partial charge in [-0.3, -0.25) is 9.78 Å². The molecule has 0 N–H and O–H groups in total. The van der Waals surface area contributed by atoms with Crippen molar-refractivity contribution in [3.8, 4) is 11.3 Å². The molecular weight excluding hydrogens is 647 g/mol. The number of pyridine rings is 2. The number of fused-ring (bicyclic) bond motifs is 4. The summed E-state index contributed by atoms with van der Waals surface area (Å²) in [6.45, 7) is 10.3. The van der Waals surface area contributed by atoms with Gasteiger partial charge in [-0.25, -0.2) is 0 Å². The zero-order valence-electron chi connectivity index (χ0n) is 22.9. The second kappa shape index (κ2) is 11.5. The Labute approximate surface area is 239 Å². The van der Waals surface area contributed by atoms with Gasteiger partial charge in [0.05, 0.1) is 0 Å². The maximum atomic E-state index is 10.8. The molecule has 5 heteroatoms. The minimum atomic E-state index is -0.116. The van der Waals surface area contributed by atoms with Crippen molar-refractivity contribution < 1.29 is 24.9 Å². The third kappa shape index (κ3) is 5.46. The molecule has 0 aliphatic heterocycles. The maximum Gasteiger partial charge on any atom is 0.151 e. The molecule has 1 fully saturated rings. The van der Waals surface area contributed by atoms with Gasteiger partial charge >= 0.3 is 0 Å². The van der Waals surface area contributed by atoms with Crippen LogP contribution in [0.25, 0.3) is 38.1 Å². The van der Waals surface area contributed by atoms with Crippen molar-refractivity contribution >= 4 is 27.3 Å². The number of hydrogen-bond acceptors (Lipinski definition) is 3. The summed E-state index contributed by atoms with van der Waals surface area (Å²) in [6, 6.07) is 14.8. The molecule has 2 aromatic carbocycles. The summed E-state index contributed by atoms with van der Waals surface area (Å²) in [7, 11) is 0. The van der Waals surface area contributed by atoms with Gasteiger partial charge in [0.2, 0.25) is 0 Å². The quantitative estimate of drug-likeness (QED) is 0.161. The minimum absolute atomic E-state index is 0. The fourth-order valence-corrected chi connectivity index (χ4v) is 6.05. The summed E-state index contributed by atoms with van der Waals surface area (Å²) >= 11 is 0. The standard InChI is InChI=1S/C22H17N2.C11H19NO.Ir/c1-13-10-15-7-9-24-21-16-5-4-14-6-8-23-12-17(14)20(16)22(2,3)18(11-13)19(15)21;1-9(8-10(2)13)12-11-6-4-3-5-7-11;/h4,6-12H,1-3H3;8,11H,3-7H2,1-2H3,(H,12,13);/q-1;;/p-1. The largest absolute Gasteiger partial charge is 0.685 e. The van der Waals surface area contributed by atoms with Crippen LogP contribution in [0.3, 0.4) is 0 Å². The second-order valence-corrected chi connectivity index (χ2v) is 11.0. The number of rotatable bonds is 3. The van der Waals surface area contributed by atoms with Gasteiger partial charge in [-0.15, -0.1) is 29.3 Å². The van der Waals surface area contributed by atoms with Crippen LogP contribution < -0.4 is 0 Å². The van der Waals surface area contributed by atoms with Gasteiger partial charge in [-0.05, 0) is 53.4 Å². The van der Waals surface area contributed by atoms with Crippen molar-refractivity contribution in [2.75, 3.05) is 0 Å². The molecule has 38 heavy (non-hydrogen) atoms. The third-order valence-electron chi connectivity index (χ3n) is 7.66. The third-order valence-corrected chi connectivity index (χ3v) is 7.66. The van der Waals surface area contributed by atoms with Gasteiger partial charge in [0.25, 0.3) is 0 Å². The fourth-order valence-electron chi connectivity index (χ4n) is 6.05. The number of aryl methyl sites for hydroxylation is 1. The van der Waals surface area contributed by atoms with E-state index in [0.717, 1.165) is 17.0 Å². The van der Waals surface area contributed by atoms with E-state index in [-0.39, 0.29) is 31.3 Å². The number of nitrogens with zero attached hydrogens (tertiary/aromatic N) is 3. The molecule has 1 radical (unpaired) electrons. The van der Waals surface area contributed by atoms with E-state index in [9.17, 15) is 4.79 Å². The molecule has 0 spiro atoms. The molecule has 0 saturated heterocycles. The zero-order chi connectivity index (χ0) is 26.2. The van der Waals surface area contributed by atoms with E-state index in [4.69, 9.17) is 4.98 Å². The second-order valence-electron chi connectivity index (χ2n) is 11.0. The first-order valence-electron chi connectivity index (χ1n) is 13.3. The van der Waals surface area contributed by atoms with Crippen LogP contribution in [0.5, 0.6) is 0 Å². The van der Waals surface area contributed by atoms with Crippen LogP contribution in [-0.2, 0) is 30.3 Å². The molecule has 0 atom stereocenters. The van der Waals surface area contributed by atoms with E-state index in [1.165, 1.54) is 70.3 Å². The van der Waals surface area contributed by atoms with E-state index in [1.807, 2.05) is 25.5 Å². The summed E-state index contributed by atoms with van der Waals surface area (Å²) in [5, 5.41) is 9.42. The van der Waals surface area contributed by atoms with Crippen LogP contribution in [0.1, 0.15) is 76.5 Å². The zero-order valence-corrected chi connectivity index (χ0v) is 25.3. The Hall–Kier alpha value is -2.88. The number of carbonyl (C=O) groups is 1. The molecule has 0 unspecified atom stereocenters. The number of allylic oxidation sites excluding steroid dienone is 2. The van der Waals surface area contributed by atoms with Crippen molar-refractivity contribution in [2.24, 2.45) is 0 Å². The molecular formula is C33H35IrN3O-2. The summed E-state index contributed by atoms with van der Waals surface area (Å²) in [4.78, 5) is 19.9. The topological polar surface area (TPSA) is 57.0 Å². The molecule has 0 amide bonds. The summed E-state index contributed by atoms with van der Waals surface area (Å²) in [5.74, 6) is 0.0945. The Morgan fingerprint density at radius 1 is 1.08 bits per heavy atom. The minimum Gasteiger partial charge on any atom is -0.685 e. The molecule has 6 rings (SSSR count). The number of hydrogen-bond donors (Lipinski definition) is 0. The summed E-state index contributed by atoms with van der Waals surface area (Å²) < 4.78 is 0. The molecule has 199 valence electrons. The van der Waals surface area contributed by atoms with Crippen molar-refractivity contribution in [1.29, 1.82) is 0 Å². The van der Waals surface area contributed by atoms with E-state index in [0.29, 0.717) is 6.04 Å². The first kappa shape index (κ1) is 28.1. The molecule has 4 nitrogen and oxygen atoms in total. The predicted octanol–water partition coefficient (Wildman–Crippen LogP) is 8.38. The van der Waals surface area contributed by atoms with Crippen LogP contribution in [-0.4, -0.2) is 21.8 Å². The molecule has 0 bridgehead atoms. The van der Waals surface area contributed by atoms with Crippen LogP contribution in [0, 0.1) is 13.0 Å². The Morgan fingerprint density at radius 2 is 1.82 bits per heavy atom. The fraction of sp³-hybridized carbons (Fsp3) is 0.364. The number of aromatic nitrogens is 2. The van der Waals surface area contributed by atoms with Crippen molar-refractivity contribution in [2.45, 2.75) is 78.2 Å². The monoisotopic (exact) mass is 682 g/mol. The Balaban J connectivity index is 0.000000207. The van der Waals surface area contributed by atoms with Crippen LogP contribution in [0.4, 0.5) is 0 Å². The van der Waals surface area contributed by atoms with Crippen LogP contribution in [0.2, 0.25) is 0 Å². The van der Waals surface area contributed by atoms with E-state index < -0.39 is 0 Å². The van der Waals surface area contributed by atoms with Crippen molar-refractivity contribution in [1.82, 2.24) is 9.97 Å². The van der Waals surface area contributed by atoms with Crippen molar-refractivity contribution in [3.63, 3.8) is 0 Å². The normalized spacial score (nSPS) is 16.2. The molecule has 2 aliphatic rings. The molecule has 1 saturated carbocycles. The number of carbonyl (C=O) groups excluding carboxylic acids is 1. The first-order chi connectivity index (χ1) is 17.8. The number of ketones is 1. The average Bonchev–Trinajstić information content (AvgIpc) is 2.87. The molecule has 2 aliphatic carbocycles. The van der Waals surface area contributed by atoms with Gasteiger partial charge in [0, 0.05) is 38.7 Å². The van der Waals surface area contributed by atoms with Crippen LogP contribution >= 0.6 is 0 Å².